The van der Waals surface area contributed by atoms with E-state index in [1.54, 1.807) is 38.5 Å². The van der Waals surface area contributed by atoms with E-state index in [1.807, 2.05) is 12.1 Å². The highest BCUT2D eigenvalue weighted by Gasteiger charge is 2.09. The second-order valence-electron chi connectivity index (χ2n) is 5.55. The molecule has 2 aromatic carbocycles. The zero-order chi connectivity index (χ0) is 19.9. The van der Waals surface area contributed by atoms with Crippen molar-refractivity contribution in [1.29, 1.82) is 0 Å². The molecule has 0 saturated heterocycles. The van der Waals surface area contributed by atoms with Gasteiger partial charge in [0.1, 0.15) is 11.5 Å². The molecular formula is C19H22N2O5S. The largest absolute Gasteiger partial charge is 0.497 e. The summed E-state index contributed by atoms with van der Waals surface area (Å²) in [5.74, 6) is 1.01. The third kappa shape index (κ3) is 5.83. The van der Waals surface area contributed by atoms with Gasteiger partial charge in [0, 0.05) is 18.7 Å². The Hall–Kier alpha value is -2.84. The van der Waals surface area contributed by atoms with Gasteiger partial charge >= 0.3 is 0 Å². The van der Waals surface area contributed by atoms with Crippen LogP contribution in [0.15, 0.2) is 53.4 Å². The molecule has 0 spiro atoms. The van der Waals surface area contributed by atoms with Crippen molar-refractivity contribution in [3.8, 4) is 11.5 Å². The van der Waals surface area contributed by atoms with E-state index in [0.29, 0.717) is 23.6 Å². The fourth-order valence-electron chi connectivity index (χ4n) is 2.26. The predicted molar refractivity (Wildman–Crippen MR) is 103 cm³/mol. The van der Waals surface area contributed by atoms with E-state index in [4.69, 9.17) is 9.47 Å². The number of rotatable bonds is 8. The van der Waals surface area contributed by atoms with Crippen molar-refractivity contribution in [3.63, 3.8) is 0 Å². The van der Waals surface area contributed by atoms with E-state index in [9.17, 15) is 13.2 Å². The Morgan fingerprint density at radius 3 is 2.15 bits per heavy atom. The summed E-state index contributed by atoms with van der Waals surface area (Å²) < 4.78 is 36.0. The van der Waals surface area contributed by atoms with Crippen LogP contribution in [0, 0.1) is 0 Å². The fourth-order valence-corrected chi connectivity index (χ4v) is 2.99. The van der Waals surface area contributed by atoms with E-state index in [-0.39, 0.29) is 10.8 Å². The lowest BCUT2D eigenvalue weighted by molar-refractivity contribution is -0.116. The molecular weight excluding hydrogens is 368 g/mol. The lowest BCUT2D eigenvalue weighted by Gasteiger charge is -2.08. The number of sulfonamides is 1. The molecule has 144 valence electrons. The van der Waals surface area contributed by atoms with Gasteiger partial charge in [-0.3, -0.25) is 4.79 Å². The average Bonchev–Trinajstić information content (AvgIpc) is 2.70. The summed E-state index contributed by atoms with van der Waals surface area (Å²) in [5, 5.41) is 2.77. The molecule has 0 bridgehead atoms. The Bertz CT molecular complexity index is 899. The van der Waals surface area contributed by atoms with Crippen molar-refractivity contribution in [1.82, 2.24) is 10.0 Å². The first kappa shape index (κ1) is 20.5. The number of amides is 1. The molecule has 0 aliphatic carbocycles. The fraction of sp³-hybridized carbons (Fsp3) is 0.211. The molecule has 7 nitrogen and oxygen atoms in total. The van der Waals surface area contributed by atoms with Crippen molar-refractivity contribution in [2.45, 2.75) is 11.4 Å². The minimum Gasteiger partial charge on any atom is -0.497 e. The zero-order valence-electron chi connectivity index (χ0n) is 15.4. The van der Waals surface area contributed by atoms with Crippen molar-refractivity contribution in [2.75, 3.05) is 21.3 Å². The molecule has 0 fully saturated rings. The van der Waals surface area contributed by atoms with Crippen LogP contribution in [0.4, 0.5) is 0 Å². The SMILES string of the molecule is CNS(=O)(=O)c1ccc(/C=C/C(=O)NCc2cc(OC)cc(OC)c2)cc1. The highest BCUT2D eigenvalue weighted by Crippen LogP contribution is 2.22. The molecule has 0 aromatic heterocycles. The minimum atomic E-state index is -3.47. The summed E-state index contributed by atoms with van der Waals surface area (Å²) in [4.78, 5) is 12.2. The summed E-state index contributed by atoms with van der Waals surface area (Å²) >= 11 is 0. The number of nitrogens with one attached hydrogen (secondary N) is 2. The number of carbonyl (C=O) groups excluding carboxylic acids is 1. The maximum Gasteiger partial charge on any atom is 0.244 e. The van der Waals surface area contributed by atoms with Crippen LogP contribution in [0.2, 0.25) is 0 Å². The van der Waals surface area contributed by atoms with E-state index in [0.717, 1.165) is 5.56 Å². The van der Waals surface area contributed by atoms with Gasteiger partial charge in [0.05, 0.1) is 19.1 Å². The van der Waals surface area contributed by atoms with Crippen LogP contribution in [0.5, 0.6) is 11.5 Å². The second kappa shape index (κ2) is 9.20. The van der Waals surface area contributed by atoms with Crippen molar-refractivity contribution in [3.05, 3.63) is 59.7 Å². The summed E-state index contributed by atoms with van der Waals surface area (Å²) in [6, 6.07) is 11.6. The van der Waals surface area contributed by atoms with Gasteiger partial charge in [-0.15, -0.1) is 0 Å². The number of methoxy groups -OCH3 is 2. The predicted octanol–water partition coefficient (Wildman–Crippen LogP) is 1.94. The van der Waals surface area contributed by atoms with Crippen LogP contribution < -0.4 is 19.5 Å². The Morgan fingerprint density at radius 1 is 1.04 bits per heavy atom. The van der Waals surface area contributed by atoms with Crippen LogP contribution in [0.25, 0.3) is 6.08 Å². The van der Waals surface area contributed by atoms with Crippen molar-refractivity contribution < 1.29 is 22.7 Å². The van der Waals surface area contributed by atoms with Gasteiger partial charge in [0.15, 0.2) is 0 Å². The molecule has 2 rings (SSSR count). The monoisotopic (exact) mass is 390 g/mol. The van der Waals surface area contributed by atoms with Crippen LogP contribution in [-0.2, 0) is 21.4 Å². The van der Waals surface area contributed by atoms with Crippen molar-refractivity contribution in [2.24, 2.45) is 0 Å². The first-order valence-electron chi connectivity index (χ1n) is 8.09. The average molecular weight is 390 g/mol. The molecule has 2 N–H and O–H groups in total. The maximum absolute atomic E-state index is 12.0. The molecule has 0 atom stereocenters. The third-order valence-corrected chi connectivity index (χ3v) is 5.19. The van der Waals surface area contributed by atoms with Crippen LogP contribution in [0.1, 0.15) is 11.1 Å². The highest BCUT2D eigenvalue weighted by atomic mass is 32.2. The Balaban J connectivity index is 1.97. The summed E-state index contributed by atoms with van der Waals surface area (Å²) in [6.07, 6.45) is 3.00. The third-order valence-electron chi connectivity index (χ3n) is 3.76. The molecule has 0 saturated carbocycles. The lowest BCUT2D eigenvalue weighted by Crippen LogP contribution is -2.20. The maximum atomic E-state index is 12.0. The van der Waals surface area contributed by atoms with E-state index in [1.165, 1.54) is 25.3 Å². The number of hydrogen-bond donors (Lipinski definition) is 2. The molecule has 0 radical (unpaired) electrons. The Kier molecular flexibility index (Phi) is 6.98. The van der Waals surface area contributed by atoms with Gasteiger partial charge in [-0.25, -0.2) is 13.1 Å². The normalized spacial score (nSPS) is 11.4. The van der Waals surface area contributed by atoms with Crippen LogP contribution >= 0.6 is 0 Å². The van der Waals surface area contributed by atoms with Gasteiger partial charge in [0.2, 0.25) is 15.9 Å². The molecule has 0 heterocycles. The van der Waals surface area contributed by atoms with Gasteiger partial charge in [-0.2, -0.15) is 0 Å². The molecule has 0 aliphatic rings. The summed E-state index contributed by atoms with van der Waals surface area (Å²) in [5.41, 5.74) is 1.55. The Morgan fingerprint density at radius 2 is 1.63 bits per heavy atom. The summed E-state index contributed by atoms with van der Waals surface area (Å²) in [6.45, 7) is 0.316. The van der Waals surface area contributed by atoms with Gasteiger partial charge in [0.25, 0.3) is 0 Å². The first-order chi connectivity index (χ1) is 12.9. The second-order valence-corrected chi connectivity index (χ2v) is 7.44. The van der Waals surface area contributed by atoms with Gasteiger partial charge < -0.3 is 14.8 Å². The Labute approximate surface area is 159 Å². The molecule has 8 heteroatoms. The highest BCUT2D eigenvalue weighted by molar-refractivity contribution is 7.89. The quantitative estimate of drug-likeness (QED) is 0.672. The zero-order valence-corrected chi connectivity index (χ0v) is 16.2. The number of hydrogen-bond acceptors (Lipinski definition) is 5. The molecule has 0 unspecified atom stereocenters. The van der Waals surface area contributed by atoms with E-state index in [2.05, 4.69) is 10.0 Å². The molecule has 2 aromatic rings. The van der Waals surface area contributed by atoms with E-state index >= 15 is 0 Å². The van der Waals surface area contributed by atoms with E-state index < -0.39 is 10.0 Å². The topological polar surface area (TPSA) is 93.7 Å². The number of carbonyl (C=O) groups is 1. The smallest absolute Gasteiger partial charge is 0.244 e. The number of benzene rings is 2. The molecule has 27 heavy (non-hydrogen) atoms. The standard InChI is InChI=1S/C19H22N2O5S/c1-20-27(23,24)18-7-4-14(5-8-18)6-9-19(22)21-13-15-10-16(25-2)12-17(11-15)26-3/h4-12,20H,13H2,1-3H3,(H,21,22)/b9-6+. The molecule has 0 aliphatic heterocycles. The van der Waals surface area contributed by atoms with Crippen LogP contribution in [-0.4, -0.2) is 35.6 Å². The lowest BCUT2D eigenvalue weighted by atomic mass is 10.2. The summed E-state index contributed by atoms with van der Waals surface area (Å²) in [7, 11) is 1.01. The number of ether oxygens (including phenoxy) is 2. The first-order valence-corrected chi connectivity index (χ1v) is 9.57. The van der Waals surface area contributed by atoms with Crippen LogP contribution in [0.3, 0.4) is 0 Å². The van der Waals surface area contributed by atoms with Gasteiger partial charge in [-0.1, -0.05) is 12.1 Å². The van der Waals surface area contributed by atoms with Crippen molar-refractivity contribution >= 4 is 22.0 Å². The minimum absolute atomic E-state index is 0.165. The van der Waals surface area contributed by atoms with Gasteiger partial charge in [-0.05, 0) is 48.5 Å². The molecule has 1 amide bonds.